The van der Waals surface area contributed by atoms with Crippen LogP contribution < -0.4 is 0 Å². The lowest BCUT2D eigenvalue weighted by molar-refractivity contribution is -0.182. The highest BCUT2D eigenvalue weighted by Gasteiger charge is 2.24. The van der Waals surface area contributed by atoms with Crippen molar-refractivity contribution in [2.45, 2.75) is 18.3 Å². The van der Waals surface area contributed by atoms with Crippen molar-refractivity contribution < 1.29 is 20.1 Å². The molecule has 0 amide bonds. The van der Waals surface area contributed by atoms with Gasteiger partial charge in [0.15, 0.2) is 5.79 Å². The number of ether oxygens (including phenoxy) is 1. The molecule has 74 valence electrons. The standard InChI is InChI=1S/C9H14O4/c10-6-8(11)7-13-9(12)4-2-1-3-5-9/h1-4,8,10-12H,5-7H2. The van der Waals surface area contributed by atoms with Gasteiger partial charge in [0.05, 0.1) is 13.2 Å². The Kier molecular flexibility index (Phi) is 3.62. The third-order valence-electron chi connectivity index (χ3n) is 1.75. The SMILES string of the molecule is OCC(O)COC1(O)C=CC=CC1. The second-order valence-electron chi connectivity index (χ2n) is 2.98. The van der Waals surface area contributed by atoms with Crippen LogP contribution in [0.1, 0.15) is 6.42 Å². The molecular weight excluding hydrogens is 172 g/mol. The molecule has 4 nitrogen and oxygen atoms in total. The van der Waals surface area contributed by atoms with E-state index in [9.17, 15) is 5.11 Å². The number of aliphatic hydroxyl groups excluding tert-OH is 2. The Labute approximate surface area is 76.8 Å². The molecule has 0 aromatic rings. The fourth-order valence-electron chi connectivity index (χ4n) is 0.990. The van der Waals surface area contributed by atoms with E-state index in [0.717, 1.165) is 0 Å². The molecule has 1 aliphatic carbocycles. The summed E-state index contributed by atoms with van der Waals surface area (Å²) in [6.07, 6.45) is 6.18. The first-order valence-corrected chi connectivity index (χ1v) is 4.16. The molecule has 2 unspecified atom stereocenters. The van der Waals surface area contributed by atoms with Crippen molar-refractivity contribution in [3.63, 3.8) is 0 Å². The highest BCUT2D eigenvalue weighted by Crippen LogP contribution is 2.18. The van der Waals surface area contributed by atoms with Crippen molar-refractivity contribution in [2.24, 2.45) is 0 Å². The van der Waals surface area contributed by atoms with E-state index in [1.807, 2.05) is 0 Å². The fourth-order valence-corrected chi connectivity index (χ4v) is 0.990. The van der Waals surface area contributed by atoms with E-state index in [-0.39, 0.29) is 13.2 Å². The Hall–Kier alpha value is -0.680. The molecule has 0 spiro atoms. The molecule has 0 heterocycles. The van der Waals surface area contributed by atoms with Gasteiger partial charge in [-0.3, -0.25) is 0 Å². The van der Waals surface area contributed by atoms with Crippen LogP contribution in [0.15, 0.2) is 24.3 Å². The summed E-state index contributed by atoms with van der Waals surface area (Å²) in [6, 6.07) is 0. The molecule has 0 aliphatic heterocycles. The Morgan fingerprint density at radius 2 is 2.23 bits per heavy atom. The topological polar surface area (TPSA) is 69.9 Å². The third kappa shape index (κ3) is 3.28. The van der Waals surface area contributed by atoms with Gasteiger partial charge >= 0.3 is 0 Å². The molecule has 0 saturated carbocycles. The van der Waals surface area contributed by atoms with Gasteiger partial charge < -0.3 is 20.1 Å². The summed E-state index contributed by atoms with van der Waals surface area (Å²) in [7, 11) is 0. The van der Waals surface area contributed by atoms with Crippen LogP contribution in [0.2, 0.25) is 0 Å². The Morgan fingerprint density at radius 1 is 1.46 bits per heavy atom. The van der Waals surface area contributed by atoms with E-state index in [2.05, 4.69) is 0 Å². The molecular formula is C9H14O4. The minimum Gasteiger partial charge on any atom is -0.394 e. The van der Waals surface area contributed by atoms with Crippen LogP contribution in [0.3, 0.4) is 0 Å². The van der Waals surface area contributed by atoms with E-state index >= 15 is 0 Å². The first-order valence-electron chi connectivity index (χ1n) is 4.16. The van der Waals surface area contributed by atoms with E-state index in [4.69, 9.17) is 14.9 Å². The Balaban J connectivity index is 2.35. The zero-order valence-electron chi connectivity index (χ0n) is 7.26. The number of hydrogen-bond donors (Lipinski definition) is 3. The average Bonchev–Trinajstić information content (AvgIpc) is 2.15. The maximum Gasteiger partial charge on any atom is 0.189 e. The molecule has 13 heavy (non-hydrogen) atoms. The highest BCUT2D eigenvalue weighted by atomic mass is 16.6. The van der Waals surface area contributed by atoms with Crippen molar-refractivity contribution in [3.8, 4) is 0 Å². The summed E-state index contributed by atoms with van der Waals surface area (Å²) in [5.74, 6) is -1.33. The van der Waals surface area contributed by atoms with Gasteiger partial charge in [0.2, 0.25) is 0 Å². The second kappa shape index (κ2) is 4.53. The first kappa shape index (κ1) is 10.4. The molecule has 0 radical (unpaired) electrons. The van der Waals surface area contributed by atoms with Gasteiger partial charge in [0, 0.05) is 6.42 Å². The number of allylic oxidation sites excluding steroid dienone is 2. The quantitative estimate of drug-likeness (QED) is 0.521. The van der Waals surface area contributed by atoms with Gasteiger partial charge in [0.25, 0.3) is 0 Å². The summed E-state index contributed by atoms with van der Waals surface area (Å²) < 4.78 is 5.03. The Morgan fingerprint density at radius 3 is 2.77 bits per heavy atom. The molecule has 1 rings (SSSR count). The summed E-state index contributed by atoms with van der Waals surface area (Å²) >= 11 is 0. The maximum absolute atomic E-state index is 9.66. The van der Waals surface area contributed by atoms with Gasteiger partial charge in [-0.2, -0.15) is 0 Å². The predicted octanol–water partition coefficient (Wildman–Crippen LogP) is -0.439. The van der Waals surface area contributed by atoms with Crippen molar-refractivity contribution in [3.05, 3.63) is 24.3 Å². The van der Waals surface area contributed by atoms with Crippen LogP contribution >= 0.6 is 0 Å². The van der Waals surface area contributed by atoms with Crippen LogP contribution in [-0.2, 0) is 4.74 Å². The van der Waals surface area contributed by atoms with Crippen molar-refractivity contribution in [1.82, 2.24) is 0 Å². The zero-order valence-corrected chi connectivity index (χ0v) is 7.26. The van der Waals surface area contributed by atoms with E-state index in [1.165, 1.54) is 6.08 Å². The van der Waals surface area contributed by atoms with Gasteiger partial charge in [-0.05, 0) is 6.08 Å². The molecule has 4 heteroatoms. The third-order valence-corrected chi connectivity index (χ3v) is 1.75. The highest BCUT2D eigenvalue weighted by molar-refractivity contribution is 5.14. The summed E-state index contributed by atoms with van der Waals surface area (Å²) in [5.41, 5.74) is 0. The second-order valence-corrected chi connectivity index (χ2v) is 2.98. The van der Waals surface area contributed by atoms with Gasteiger partial charge in [0.1, 0.15) is 6.10 Å². The summed E-state index contributed by atoms with van der Waals surface area (Å²) in [6.45, 7) is -0.444. The fraction of sp³-hybridized carbons (Fsp3) is 0.556. The van der Waals surface area contributed by atoms with Crippen molar-refractivity contribution >= 4 is 0 Å². The van der Waals surface area contributed by atoms with Crippen LogP contribution in [0.25, 0.3) is 0 Å². The smallest absolute Gasteiger partial charge is 0.189 e. The molecule has 1 aliphatic rings. The zero-order chi connectivity index (χ0) is 9.73. The van der Waals surface area contributed by atoms with E-state index in [0.29, 0.717) is 6.42 Å². The van der Waals surface area contributed by atoms with Crippen molar-refractivity contribution in [2.75, 3.05) is 13.2 Å². The molecule has 3 N–H and O–H groups in total. The molecule has 2 atom stereocenters. The summed E-state index contributed by atoms with van der Waals surface area (Å²) in [5, 5.41) is 27.1. The Bertz CT molecular complexity index is 212. The largest absolute Gasteiger partial charge is 0.394 e. The first-order chi connectivity index (χ1) is 6.16. The summed E-state index contributed by atoms with van der Waals surface area (Å²) in [4.78, 5) is 0. The van der Waals surface area contributed by atoms with Crippen LogP contribution in [0.4, 0.5) is 0 Å². The molecule has 0 saturated heterocycles. The number of rotatable bonds is 4. The molecule has 0 fully saturated rings. The number of aliphatic hydroxyl groups is 3. The number of hydrogen-bond acceptors (Lipinski definition) is 4. The monoisotopic (exact) mass is 186 g/mol. The lowest BCUT2D eigenvalue weighted by Gasteiger charge is -2.26. The van der Waals surface area contributed by atoms with E-state index < -0.39 is 11.9 Å². The lowest BCUT2D eigenvalue weighted by Crippen LogP contribution is -2.34. The lowest BCUT2D eigenvalue weighted by atomic mass is 10.1. The minimum atomic E-state index is -1.33. The van der Waals surface area contributed by atoms with Gasteiger partial charge in [-0.1, -0.05) is 18.2 Å². The van der Waals surface area contributed by atoms with Crippen LogP contribution in [0.5, 0.6) is 0 Å². The minimum absolute atomic E-state index is 0.0782. The average molecular weight is 186 g/mol. The van der Waals surface area contributed by atoms with Gasteiger partial charge in [-0.25, -0.2) is 0 Å². The molecule has 0 aromatic heterocycles. The molecule has 0 aromatic carbocycles. The van der Waals surface area contributed by atoms with Crippen LogP contribution in [-0.4, -0.2) is 40.4 Å². The van der Waals surface area contributed by atoms with Crippen molar-refractivity contribution in [1.29, 1.82) is 0 Å². The maximum atomic E-state index is 9.66. The molecule has 0 bridgehead atoms. The van der Waals surface area contributed by atoms with Gasteiger partial charge in [-0.15, -0.1) is 0 Å². The van der Waals surface area contributed by atoms with E-state index in [1.54, 1.807) is 18.2 Å². The van der Waals surface area contributed by atoms with Crippen LogP contribution in [0, 0.1) is 0 Å². The normalized spacial score (nSPS) is 29.2. The predicted molar refractivity (Wildman–Crippen MR) is 46.9 cm³/mol.